The lowest BCUT2D eigenvalue weighted by Gasteiger charge is -2.24. The molecule has 0 saturated heterocycles. The van der Waals surface area contributed by atoms with Crippen molar-refractivity contribution in [3.63, 3.8) is 0 Å². The van der Waals surface area contributed by atoms with Crippen molar-refractivity contribution in [3.05, 3.63) is 63.4 Å². The van der Waals surface area contributed by atoms with Gasteiger partial charge >= 0.3 is 5.97 Å². The fourth-order valence-corrected chi connectivity index (χ4v) is 4.27. The highest BCUT2D eigenvalue weighted by atomic mass is 16.5. The van der Waals surface area contributed by atoms with E-state index in [1.54, 1.807) is 4.57 Å². The molecule has 1 saturated carbocycles. The van der Waals surface area contributed by atoms with E-state index in [2.05, 4.69) is 6.07 Å². The summed E-state index contributed by atoms with van der Waals surface area (Å²) in [5.74, 6) is -0.186. The number of nitrogens with zero attached hydrogens (tertiary/aromatic N) is 2. The molecule has 1 fully saturated rings. The first kappa shape index (κ1) is 13.4. The summed E-state index contributed by atoms with van der Waals surface area (Å²) in [4.78, 5) is 30.1. The van der Waals surface area contributed by atoms with Crippen LogP contribution < -0.4 is 5.56 Å². The Hall–Kier alpha value is -2.95. The number of cyclic esters (lactones) is 1. The standard InChI is InChI=1S/C20H14N2O3/c23-18-13-10-25-19(24)20(5-6-20)14(13)8-16-17-12(9-22(16)18)7-11-3-1-2-4-15(11)21-17/h1-4,7-8H,5-6,9-10H2. The number of hydrogen-bond donors (Lipinski definition) is 0. The molecule has 1 aliphatic carbocycles. The highest BCUT2D eigenvalue weighted by molar-refractivity contribution is 5.89. The molecule has 3 aromatic rings. The first-order valence-electron chi connectivity index (χ1n) is 8.51. The third-order valence-corrected chi connectivity index (χ3v) is 5.78. The maximum absolute atomic E-state index is 13.0. The summed E-state index contributed by atoms with van der Waals surface area (Å²) in [7, 11) is 0. The van der Waals surface area contributed by atoms with Crippen LogP contribution in [-0.2, 0) is 28.1 Å². The Morgan fingerprint density at radius 1 is 1.12 bits per heavy atom. The molecule has 0 unspecified atom stereocenters. The lowest BCUT2D eigenvalue weighted by molar-refractivity contribution is -0.149. The molecule has 6 rings (SSSR count). The maximum Gasteiger partial charge on any atom is 0.316 e. The summed E-state index contributed by atoms with van der Waals surface area (Å²) in [5, 5.41) is 1.07. The molecule has 122 valence electrons. The monoisotopic (exact) mass is 330 g/mol. The van der Waals surface area contributed by atoms with Crippen molar-refractivity contribution < 1.29 is 9.53 Å². The van der Waals surface area contributed by atoms with Gasteiger partial charge in [0.15, 0.2) is 0 Å². The number of para-hydroxylation sites is 1. The second kappa shape index (κ2) is 4.17. The highest BCUT2D eigenvalue weighted by Gasteiger charge is 2.56. The minimum Gasteiger partial charge on any atom is -0.460 e. The molecule has 0 amide bonds. The van der Waals surface area contributed by atoms with Gasteiger partial charge in [0.05, 0.1) is 34.4 Å². The Balaban J connectivity index is 1.66. The highest BCUT2D eigenvalue weighted by Crippen LogP contribution is 2.53. The number of benzene rings is 1. The predicted octanol–water partition coefficient (Wildman–Crippen LogP) is 2.51. The Kier molecular flexibility index (Phi) is 2.23. The zero-order valence-corrected chi connectivity index (χ0v) is 13.4. The number of carbonyl (C=O) groups is 1. The fourth-order valence-electron chi connectivity index (χ4n) is 4.27. The largest absolute Gasteiger partial charge is 0.460 e. The van der Waals surface area contributed by atoms with E-state index in [1.807, 2.05) is 30.3 Å². The quantitative estimate of drug-likeness (QED) is 0.465. The molecule has 0 radical (unpaired) electrons. The van der Waals surface area contributed by atoms with E-state index in [-0.39, 0.29) is 18.1 Å². The summed E-state index contributed by atoms with van der Waals surface area (Å²) in [6.07, 6.45) is 1.53. The molecule has 3 aliphatic rings. The van der Waals surface area contributed by atoms with Crippen LogP contribution in [0, 0.1) is 0 Å². The fraction of sp³-hybridized carbons (Fsp3) is 0.250. The smallest absolute Gasteiger partial charge is 0.316 e. The molecule has 1 aromatic carbocycles. The molecule has 25 heavy (non-hydrogen) atoms. The van der Waals surface area contributed by atoms with E-state index in [4.69, 9.17) is 9.72 Å². The van der Waals surface area contributed by atoms with E-state index in [0.717, 1.165) is 46.3 Å². The van der Waals surface area contributed by atoms with Crippen molar-refractivity contribution in [1.82, 2.24) is 9.55 Å². The maximum atomic E-state index is 13.0. The van der Waals surface area contributed by atoms with Crippen molar-refractivity contribution in [3.8, 4) is 11.4 Å². The predicted molar refractivity (Wildman–Crippen MR) is 91.2 cm³/mol. The van der Waals surface area contributed by atoms with Crippen molar-refractivity contribution in [2.45, 2.75) is 31.4 Å². The van der Waals surface area contributed by atoms with Crippen molar-refractivity contribution in [2.24, 2.45) is 0 Å². The van der Waals surface area contributed by atoms with Crippen LogP contribution in [0.3, 0.4) is 0 Å². The molecule has 2 aromatic heterocycles. The molecular weight excluding hydrogens is 316 g/mol. The van der Waals surface area contributed by atoms with Crippen LogP contribution in [0.5, 0.6) is 0 Å². The topological polar surface area (TPSA) is 61.2 Å². The zero-order chi connectivity index (χ0) is 16.8. The van der Waals surface area contributed by atoms with Crippen LogP contribution in [-0.4, -0.2) is 15.5 Å². The molecule has 2 aliphatic heterocycles. The van der Waals surface area contributed by atoms with Crippen molar-refractivity contribution in [2.75, 3.05) is 0 Å². The van der Waals surface area contributed by atoms with Gasteiger partial charge in [0.25, 0.3) is 5.56 Å². The Bertz CT molecular complexity index is 1170. The molecule has 5 heteroatoms. The average Bonchev–Trinajstić information content (AvgIpc) is 3.34. The van der Waals surface area contributed by atoms with Gasteiger partial charge in [-0.05, 0) is 36.6 Å². The van der Waals surface area contributed by atoms with Gasteiger partial charge in [0.1, 0.15) is 6.61 Å². The van der Waals surface area contributed by atoms with Crippen LogP contribution in [0.25, 0.3) is 22.3 Å². The second-order valence-corrected chi connectivity index (χ2v) is 7.16. The van der Waals surface area contributed by atoms with Gasteiger partial charge in [-0.15, -0.1) is 0 Å². The van der Waals surface area contributed by atoms with Crippen LogP contribution >= 0.6 is 0 Å². The number of carbonyl (C=O) groups excluding carboxylic acids is 1. The number of rotatable bonds is 0. The first-order valence-corrected chi connectivity index (χ1v) is 8.51. The summed E-state index contributed by atoms with van der Waals surface area (Å²) >= 11 is 0. The summed E-state index contributed by atoms with van der Waals surface area (Å²) < 4.78 is 7.06. The van der Waals surface area contributed by atoms with E-state index in [1.165, 1.54) is 0 Å². The number of ether oxygens (including phenoxy) is 1. The van der Waals surface area contributed by atoms with Gasteiger partial charge in [-0.1, -0.05) is 18.2 Å². The molecule has 1 spiro atoms. The van der Waals surface area contributed by atoms with Gasteiger partial charge in [0, 0.05) is 10.9 Å². The number of esters is 1. The number of fused-ring (bicyclic) bond motifs is 6. The third-order valence-electron chi connectivity index (χ3n) is 5.78. The van der Waals surface area contributed by atoms with Gasteiger partial charge in [-0.2, -0.15) is 0 Å². The Labute approximate surface area is 142 Å². The van der Waals surface area contributed by atoms with Crippen LogP contribution in [0.1, 0.15) is 29.5 Å². The normalized spacial score (nSPS) is 18.6. The molecule has 0 N–H and O–H groups in total. The van der Waals surface area contributed by atoms with Crippen LogP contribution in [0.15, 0.2) is 41.2 Å². The molecular formula is C20H14N2O3. The minimum atomic E-state index is -0.581. The third kappa shape index (κ3) is 1.56. The van der Waals surface area contributed by atoms with Gasteiger partial charge in [0.2, 0.25) is 0 Å². The van der Waals surface area contributed by atoms with E-state index in [0.29, 0.717) is 12.1 Å². The lowest BCUT2D eigenvalue weighted by Crippen LogP contribution is -2.36. The Morgan fingerprint density at radius 2 is 1.96 bits per heavy atom. The molecule has 0 atom stereocenters. The lowest BCUT2D eigenvalue weighted by atomic mass is 9.89. The van der Waals surface area contributed by atoms with Crippen LogP contribution in [0.4, 0.5) is 0 Å². The first-order chi connectivity index (χ1) is 12.2. The van der Waals surface area contributed by atoms with Gasteiger partial charge in [-0.3, -0.25) is 9.59 Å². The minimum absolute atomic E-state index is 0.0478. The second-order valence-electron chi connectivity index (χ2n) is 7.16. The SMILES string of the molecule is O=C1OCc2c(cc3n(c2=O)Cc2cc4ccccc4nc2-3)C12CC2. The number of aromatic nitrogens is 2. The van der Waals surface area contributed by atoms with Crippen LogP contribution in [0.2, 0.25) is 0 Å². The van der Waals surface area contributed by atoms with E-state index >= 15 is 0 Å². The van der Waals surface area contributed by atoms with Crippen molar-refractivity contribution >= 4 is 16.9 Å². The summed E-state index contributed by atoms with van der Waals surface area (Å²) in [6.45, 7) is 0.607. The molecule has 0 bridgehead atoms. The van der Waals surface area contributed by atoms with E-state index in [9.17, 15) is 9.59 Å². The summed E-state index contributed by atoms with van der Waals surface area (Å²) in [6, 6.07) is 12.1. The van der Waals surface area contributed by atoms with Crippen molar-refractivity contribution in [1.29, 1.82) is 0 Å². The zero-order valence-electron chi connectivity index (χ0n) is 13.4. The van der Waals surface area contributed by atoms with Gasteiger partial charge in [-0.25, -0.2) is 4.98 Å². The van der Waals surface area contributed by atoms with E-state index < -0.39 is 5.41 Å². The average molecular weight is 330 g/mol. The van der Waals surface area contributed by atoms with Gasteiger partial charge < -0.3 is 9.30 Å². The number of hydrogen-bond acceptors (Lipinski definition) is 4. The number of pyridine rings is 2. The summed E-state index contributed by atoms with van der Waals surface area (Å²) in [5.41, 5.74) is 4.52. The Morgan fingerprint density at radius 3 is 2.80 bits per heavy atom. The molecule has 4 heterocycles. The molecule has 5 nitrogen and oxygen atoms in total.